The Morgan fingerprint density at radius 3 is 3.06 bits per heavy atom. The SMILES string of the molecule is Cl.NC[C@H]1COc2ccc3[nH]c(=O)oc3c2O1. The van der Waals surface area contributed by atoms with Crippen molar-refractivity contribution in [3.8, 4) is 11.5 Å². The van der Waals surface area contributed by atoms with Crippen molar-refractivity contribution in [1.82, 2.24) is 4.98 Å². The molecule has 7 heteroatoms. The number of benzene rings is 1. The second-order valence-electron chi connectivity index (χ2n) is 3.57. The van der Waals surface area contributed by atoms with E-state index in [1.165, 1.54) is 0 Å². The van der Waals surface area contributed by atoms with E-state index in [0.717, 1.165) is 0 Å². The number of hydrogen-bond acceptors (Lipinski definition) is 5. The first kappa shape index (κ1) is 11.8. The Kier molecular flexibility index (Phi) is 2.99. The molecular formula is C10H11ClN2O4. The minimum Gasteiger partial charge on any atom is -0.486 e. The van der Waals surface area contributed by atoms with Crippen molar-refractivity contribution in [2.45, 2.75) is 6.10 Å². The minimum absolute atomic E-state index is 0. The average Bonchev–Trinajstić information content (AvgIpc) is 2.69. The Morgan fingerprint density at radius 1 is 1.47 bits per heavy atom. The van der Waals surface area contributed by atoms with Gasteiger partial charge in [0.25, 0.3) is 0 Å². The number of aromatic amines is 1. The first-order valence-electron chi connectivity index (χ1n) is 4.93. The molecule has 1 aromatic heterocycles. The van der Waals surface area contributed by atoms with Crippen LogP contribution in [0.1, 0.15) is 0 Å². The van der Waals surface area contributed by atoms with Gasteiger partial charge in [-0.25, -0.2) is 4.79 Å². The first-order valence-corrected chi connectivity index (χ1v) is 4.93. The van der Waals surface area contributed by atoms with Crippen molar-refractivity contribution in [2.75, 3.05) is 13.2 Å². The molecule has 2 aromatic rings. The van der Waals surface area contributed by atoms with Gasteiger partial charge in [0.15, 0.2) is 5.75 Å². The number of halogens is 1. The monoisotopic (exact) mass is 258 g/mol. The quantitative estimate of drug-likeness (QED) is 0.783. The zero-order valence-corrected chi connectivity index (χ0v) is 9.58. The standard InChI is InChI=1S/C10H10N2O4.ClH/c11-3-5-4-14-7-2-1-6-8(9(7)15-5)16-10(13)12-6;/h1-2,5H,3-4,11H2,(H,12,13);1H/t5-;/m0./s1. The molecule has 2 heterocycles. The summed E-state index contributed by atoms with van der Waals surface area (Å²) in [5.41, 5.74) is 6.47. The van der Waals surface area contributed by atoms with E-state index in [-0.39, 0.29) is 18.5 Å². The van der Waals surface area contributed by atoms with Gasteiger partial charge >= 0.3 is 5.76 Å². The Labute approximate surface area is 102 Å². The van der Waals surface area contributed by atoms with Crippen molar-refractivity contribution < 1.29 is 13.9 Å². The molecular weight excluding hydrogens is 248 g/mol. The highest BCUT2D eigenvalue weighted by Crippen LogP contribution is 2.37. The van der Waals surface area contributed by atoms with Crippen LogP contribution >= 0.6 is 12.4 Å². The fourth-order valence-electron chi connectivity index (χ4n) is 1.70. The van der Waals surface area contributed by atoms with Gasteiger partial charge in [-0.05, 0) is 12.1 Å². The van der Waals surface area contributed by atoms with Gasteiger partial charge in [0, 0.05) is 6.54 Å². The Bertz CT molecular complexity index is 591. The van der Waals surface area contributed by atoms with Gasteiger partial charge in [0.05, 0.1) is 5.52 Å². The lowest BCUT2D eigenvalue weighted by molar-refractivity contribution is 0.0974. The zero-order valence-electron chi connectivity index (χ0n) is 8.76. The number of nitrogens with two attached hydrogens (primary N) is 1. The zero-order chi connectivity index (χ0) is 11.1. The molecule has 1 aliphatic rings. The molecule has 92 valence electrons. The molecule has 0 aliphatic carbocycles. The number of H-pyrrole nitrogens is 1. The summed E-state index contributed by atoms with van der Waals surface area (Å²) in [6, 6.07) is 3.45. The van der Waals surface area contributed by atoms with E-state index in [1.54, 1.807) is 12.1 Å². The number of aromatic nitrogens is 1. The number of fused-ring (bicyclic) bond motifs is 3. The van der Waals surface area contributed by atoms with E-state index in [9.17, 15) is 4.79 Å². The fourth-order valence-corrected chi connectivity index (χ4v) is 1.70. The van der Waals surface area contributed by atoms with Crippen molar-refractivity contribution in [1.29, 1.82) is 0 Å². The van der Waals surface area contributed by atoms with Gasteiger partial charge in [-0.3, -0.25) is 4.98 Å². The van der Waals surface area contributed by atoms with Crippen LogP contribution in [-0.2, 0) is 0 Å². The third kappa shape index (κ3) is 1.85. The summed E-state index contributed by atoms with van der Waals surface area (Å²) in [6.45, 7) is 0.758. The highest BCUT2D eigenvalue weighted by molar-refractivity contribution is 5.85. The van der Waals surface area contributed by atoms with E-state index in [0.29, 0.717) is 35.8 Å². The van der Waals surface area contributed by atoms with E-state index in [1.807, 2.05) is 0 Å². The van der Waals surface area contributed by atoms with Crippen LogP contribution in [0.5, 0.6) is 11.5 Å². The molecule has 0 amide bonds. The smallest absolute Gasteiger partial charge is 0.417 e. The normalized spacial score (nSPS) is 17.8. The second kappa shape index (κ2) is 4.31. The first-order chi connectivity index (χ1) is 7.78. The van der Waals surface area contributed by atoms with Gasteiger partial charge in [-0.1, -0.05) is 0 Å². The molecule has 0 radical (unpaired) electrons. The molecule has 1 aliphatic heterocycles. The predicted molar refractivity (Wildman–Crippen MR) is 63.0 cm³/mol. The van der Waals surface area contributed by atoms with Crippen LogP contribution < -0.4 is 21.0 Å². The number of hydrogen-bond donors (Lipinski definition) is 2. The summed E-state index contributed by atoms with van der Waals surface area (Å²) in [7, 11) is 0. The molecule has 6 nitrogen and oxygen atoms in total. The molecule has 1 aromatic carbocycles. The maximum absolute atomic E-state index is 11.1. The lowest BCUT2D eigenvalue weighted by atomic mass is 10.2. The topological polar surface area (TPSA) is 90.5 Å². The van der Waals surface area contributed by atoms with Crippen LogP contribution in [0.2, 0.25) is 0 Å². The number of nitrogens with one attached hydrogen (secondary N) is 1. The summed E-state index contributed by atoms with van der Waals surface area (Å²) >= 11 is 0. The Balaban J connectivity index is 0.00000108. The van der Waals surface area contributed by atoms with Gasteiger partial charge < -0.3 is 19.6 Å². The van der Waals surface area contributed by atoms with Crippen LogP contribution in [-0.4, -0.2) is 24.2 Å². The summed E-state index contributed by atoms with van der Waals surface area (Å²) in [4.78, 5) is 13.6. The Hall–Kier alpha value is -1.66. The summed E-state index contributed by atoms with van der Waals surface area (Å²) in [6.07, 6.45) is -0.210. The van der Waals surface area contributed by atoms with Gasteiger partial charge in [0.1, 0.15) is 12.7 Å². The molecule has 3 N–H and O–H groups in total. The predicted octanol–water partition coefficient (Wildman–Crippen LogP) is 0.641. The van der Waals surface area contributed by atoms with Gasteiger partial charge in [-0.2, -0.15) is 0 Å². The fraction of sp³-hybridized carbons (Fsp3) is 0.300. The molecule has 0 bridgehead atoms. The van der Waals surface area contributed by atoms with Crippen molar-refractivity contribution in [3.63, 3.8) is 0 Å². The summed E-state index contributed by atoms with van der Waals surface area (Å²) < 4.78 is 16.1. The molecule has 0 fully saturated rings. The van der Waals surface area contributed by atoms with E-state index in [4.69, 9.17) is 19.6 Å². The maximum atomic E-state index is 11.1. The van der Waals surface area contributed by atoms with E-state index in [2.05, 4.69) is 4.98 Å². The summed E-state index contributed by atoms with van der Waals surface area (Å²) in [5.74, 6) is 0.499. The molecule has 3 rings (SSSR count). The summed E-state index contributed by atoms with van der Waals surface area (Å²) in [5, 5.41) is 0. The van der Waals surface area contributed by atoms with Crippen LogP contribution in [0.4, 0.5) is 0 Å². The molecule has 0 saturated carbocycles. The number of ether oxygens (including phenoxy) is 2. The lowest BCUT2D eigenvalue weighted by Crippen LogP contribution is -2.35. The third-order valence-electron chi connectivity index (χ3n) is 2.48. The van der Waals surface area contributed by atoms with Gasteiger partial charge in [-0.15, -0.1) is 12.4 Å². The average molecular weight is 259 g/mol. The minimum atomic E-state index is -0.512. The number of rotatable bonds is 1. The molecule has 1 atom stereocenters. The highest BCUT2D eigenvalue weighted by Gasteiger charge is 2.24. The largest absolute Gasteiger partial charge is 0.486 e. The maximum Gasteiger partial charge on any atom is 0.417 e. The highest BCUT2D eigenvalue weighted by atomic mass is 35.5. The van der Waals surface area contributed by atoms with E-state index >= 15 is 0 Å². The lowest BCUT2D eigenvalue weighted by Gasteiger charge is -2.25. The number of oxazole rings is 1. The van der Waals surface area contributed by atoms with Crippen molar-refractivity contribution >= 4 is 23.5 Å². The van der Waals surface area contributed by atoms with E-state index < -0.39 is 5.76 Å². The van der Waals surface area contributed by atoms with Crippen LogP contribution in [0.25, 0.3) is 11.1 Å². The van der Waals surface area contributed by atoms with Crippen molar-refractivity contribution in [3.05, 3.63) is 22.7 Å². The van der Waals surface area contributed by atoms with Gasteiger partial charge in [0.2, 0.25) is 11.3 Å². The molecule has 0 unspecified atom stereocenters. The molecule has 0 spiro atoms. The van der Waals surface area contributed by atoms with Crippen molar-refractivity contribution in [2.24, 2.45) is 5.73 Å². The van der Waals surface area contributed by atoms with Crippen LogP contribution in [0, 0.1) is 0 Å². The van der Waals surface area contributed by atoms with Crippen LogP contribution in [0.15, 0.2) is 21.3 Å². The Morgan fingerprint density at radius 2 is 2.29 bits per heavy atom. The second-order valence-corrected chi connectivity index (χ2v) is 3.57. The molecule has 17 heavy (non-hydrogen) atoms. The van der Waals surface area contributed by atoms with Crippen LogP contribution in [0.3, 0.4) is 0 Å². The third-order valence-corrected chi connectivity index (χ3v) is 2.48. The molecule has 0 saturated heterocycles.